The summed E-state index contributed by atoms with van der Waals surface area (Å²) in [4.78, 5) is 42.4. The molecule has 1 spiro atoms. The molecule has 158 valence electrons. The fourth-order valence-electron chi connectivity index (χ4n) is 4.74. The lowest BCUT2D eigenvalue weighted by Crippen LogP contribution is -2.49. The fraction of sp³-hybridized carbons (Fsp3) is 0.667. The second-order valence-corrected chi connectivity index (χ2v) is 9.60. The van der Waals surface area contributed by atoms with Gasteiger partial charge in [0, 0.05) is 18.0 Å². The van der Waals surface area contributed by atoms with Crippen molar-refractivity contribution in [2.45, 2.75) is 57.0 Å². The number of imide groups is 1. The lowest BCUT2D eigenvalue weighted by Gasteiger charge is -2.31. The molecule has 0 bridgehead atoms. The van der Waals surface area contributed by atoms with Crippen molar-refractivity contribution in [3.05, 3.63) is 22.4 Å². The van der Waals surface area contributed by atoms with Gasteiger partial charge in [-0.05, 0) is 56.1 Å². The van der Waals surface area contributed by atoms with Crippen molar-refractivity contribution in [2.75, 3.05) is 26.2 Å². The maximum absolute atomic E-state index is 12.8. The molecule has 0 unspecified atom stereocenters. The van der Waals surface area contributed by atoms with Crippen LogP contribution in [0.15, 0.2) is 17.5 Å². The molecular formula is C21H30N4O3S. The highest BCUT2D eigenvalue weighted by molar-refractivity contribution is 7.09. The van der Waals surface area contributed by atoms with Gasteiger partial charge in [0.1, 0.15) is 12.1 Å². The molecule has 1 saturated carbocycles. The van der Waals surface area contributed by atoms with E-state index in [4.69, 9.17) is 0 Å². The van der Waals surface area contributed by atoms with Gasteiger partial charge >= 0.3 is 6.03 Å². The SMILES string of the molecule is O=C(CN1C(=O)NC2(CCCCC2)C1=O)NCC1CCN(Cc2cccs2)CC1. The monoisotopic (exact) mass is 418 g/mol. The number of piperidine rings is 1. The van der Waals surface area contributed by atoms with Crippen LogP contribution < -0.4 is 10.6 Å². The van der Waals surface area contributed by atoms with E-state index in [9.17, 15) is 14.4 Å². The molecule has 4 rings (SSSR count). The van der Waals surface area contributed by atoms with Crippen molar-refractivity contribution in [3.63, 3.8) is 0 Å². The molecule has 8 heteroatoms. The summed E-state index contributed by atoms with van der Waals surface area (Å²) in [5, 5.41) is 7.91. The third-order valence-corrected chi connectivity index (χ3v) is 7.37. The Labute approximate surface area is 175 Å². The molecule has 4 amide bonds. The van der Waals surface area contributed by atoms with Crippen molar-refractivity contribution in [1.29, 1.82) is 0 Å². The summed E-state index contributed by atoms with van der Waals surface area (Å²) in [6.45, 7) is 3.51. The summed E-state index contributed by atoms with van der Waals surface area (Å²) in [5.41, 5.74) is -0.759. The maximum Gasteiger partial charge on any atom is 0.325 e. The third-order valence-electron chi connectivity index (χ3n) is 6.51. The minimum atomic E-state index is -0.759. The summed E-state index contributed by atoms with van der Waals surface area (Å²) < 4.78 is 0. The number of thiophene rings is 1. The summed E-state index contributed by atoms with van der Waals surface area (Å²) >= 11 is 1.79. The van der Waals surface area contributed by atoms with Crippen molar-refractivity contribution in [1.82, 2.24) is 20.4 Å². The van der Waals surface area contributed by atoms with Gasteiger partial charge in [-0.3, -0.25) is 19.4 Å². The van der Waals surface area contributed by atoms with Crippen LogP contribution in [0.2, 0.25) is 0 Å². The highest BCUT2D eigenvalue weighted by atomic mass is 32.1. The summed E-state index contributed by atoms with van der Waals surface area (Å²) in [5.74, 6) is -0.0204. The van der Waals surface area contributed by atoms with Gasteiger partial charge in [-0.15, -0.1) is 11.3 Å². The number of hydrogen-bond acceptors (Lipinski definition) is 5. The van der Waals surface area contributed by atoms with Gasteiger partial charge < -0.3 is 10.6 Å². The second-order valence-electron chi connectivity index (χ2n) is 8.57. The molecule has 3 fully saturated rings. The van der Waals surface area contributed by atoms with Gasteiger partial charge in [0.05, 0.1) is 0 Å². The number of hydrogen-bond donors (Lipinski definition) is 2. The van der Waals surface area contributed by atoms with Crippen LogP contribution in [-0.4, -0.2) is 59.4 Å². The molecule has 1 aromatic rings. The summed E-state index contributed by atoms with van der Waals surface area (Å²) in [7, 11) is 0. The Hall–Kier alpha value is -1.93. The molecule has 29 heavy (non-hydrogen) atoms. The molecule has 2 aliphatic heterocycles. The van der Waals surface area contributed by atoms with Gasteiger partial charge in [0.15, 0.2) is 0 Å². The molecule has 2 saturated heterocycles. The Morgan fingerprint density at radius 2 is 1.97 bits per heavy atom. The number of amides is 4. The average molecular weight is 419 g/mol. The zero-order chi connectivity index (χ0) is 20.3. The quantitative estimate of drug-likeness (QED) is 0.695. The van der Waals surface area contributed by atoms with E-state index in [2.05, 4.69) is 33.0 Å². The number of rotatable bonds is 6. The van der Waals surface area contributed by atoms with Crippen molar-refractivity contribution < 1.29 is 14.4 Å². The first-order valence-electron chi connectivity index (χ1n) is 10.7. The third kappa shape index (κ3) is 4.64. The largest absolute Gasteiger partial charge is 0.354 e. The van der Waals surface area contributed by atoms with E-state index >= 15 is 0 Å². The van der Waals surface area contributed by atoms with Gasteiger partial charge in [0.25, 0.3) is 5.91 Å². The zero-order valence-electron chi connectivity index (χ0n) is 16.8. The Kier molecular flexibility index (Phi) is 6.20. The molecule has 1 aromatic heterocycles. The predicted molar refractivity (Wildman–Crippen MR) is 111 cm³/mol. The van der Waals surface area contributed by atoms with Crippen LogP contribution in [0.1, 0.15) is 49.8 Å². The van der Waals surface area contributed by atoms with Crippen molar-refractivity contribution in [2.24, 2.45) is 5.92 Å². The van der Waals surface area contributed by atoms with Gasteiger partial charge in [-0.1, -0.05) is 25.3 Å². The van der Waals surface area contributed by atoms with Crippen molar-refractivity contribution >= 4 is 29.2 Å². The number of nitrogens with zero attached hydrogens (tertiary/aromatic N) is 2. The van der Waals surface area contributed by atoms with Crippen LogP contribution in [0.25, 0.3) is 0 Å². The summed E-state index contributed by atoms with van der Waals surface area (Å²) in [6, 6.07) is 3.84. The fourth-order valence-corrected chi connectivity index (χ4v) is 5.49. The normalized spacial score (nSPS) is 22.8. The van der Waals surface area contributed by atoms with E-state index in [0.29, 0.717) is 25.3 Å². The maximum atomic E-state index is 12.8. The molecule has 3 aliphatic rings. The molecule has 0 atom stereocenters. The molecule has 2 N–H and O–H groups in total. The molecule has 7 nitrogen and oxygen atoms in total. The second kappa shape index (κ2) is 8.83. The van der Waals surface area contributed by atoms with Crippen LogP contribution in [0.5, 0.6) is 0 Å². The molecular weight excluding hydrogens is 388 g/mol. The number of urea groups is 1. The minimum Gasteiger partial charge on any atom is -0.354 e. The Balaban J connectivity index is 1.20. The first-order chi connectivity index (χ1) is 14.1. The number of carbonyl (C=O) groups excluding carboxylic acids is 3. The Bertz CT molecular complexity index is 737. The van der Waals surface area contributed by atoms with E-state index in [1.165, 1.54) is 4.88 Å². The average Bonchev–Trinajstić information content (AvgIpc) is 3.31. The molecule has 0 radical (unpaired) electrons. The van der Waals surface area contributed by atoms with Gasteiger partial charge in [-0.2, -0.15) is 0 Å². The van der Waals surface area contributed by atoms with E-state index in [1.807, 2.05) is 0 Å². The Morgan fingerprint density at radius 3 is 2.66 bits per heavy atom. The van der Waals surface area contributed by atoms with Gasteiger partial charge in [0.2, 0.25) is 5.91 Å². The first-order valence-corrected chi connectivity index (χ1v) is 11.6. The van der Waals surface area contributed by atoms with E-state index in [0.717, 1.165) is 56.6 Å². The van der Waals surface area contributed by atoms with Crippen molar-refractivity contribution in [3.8, 4) is 0 Å². The molecule has 3 heterocycles. The smallest absolute Gasteiger partial charge is 0.325 e. The van der Waals surface area contributed by atoms with Crippen LogP contribution in [0, 0.1) is 5.92 Å². The minimum absolute atomic E-state index is 0.177. The topological polar surface area (TPSA) is 81.8 Å². The standard InChI is InChI=1S/C21H30N4O3S/c26-18(15-25-19(27)21(23-20(25)28)8-2-1-3-9-21)22-13-16-6-10-24(11-7-16)14-17-5-4-12-29-17/h4-5,12,16H,1-3,6-11,13-15H2,(H,22,26)(H,23,28). The molecule has 0 aromatic carbocycles. The first kappa shape index (κ1) is 20.3. The van der Waals surface area contributed by atoms with Crippen LogP contribution in [0.4, 0.5) is 4.79 Å². The zero-order valence-corrected chi connectivity index (χ0v) is 17.6. The number of nitrogens with one attached hydrogen (secondary N) is 2. The van der Waals surface area contributed by atoms with Crippen LogP contribution in [-0.2, 0) is 16.1 Å². The lowest BCUT2D eigenvalue weighted by atomic mass is 9.82. The van der Waals surface area contributed by atoms with E-state index < -0.39 is 11.6 Å². The lowest BCUT2D eigenvalue weighted by molar-refractivity contribution is -0.135. The van der Waals surface area contributed by atoms with Crippen LogP contribution >= 0.6 is 11.3 Å². The number of carbonyl (C=O) groups is 3. The predicted octanol–water partition coefficient (Wildman–Crippen LogP) is 2.33. The van der Waals surface area contributed by atoms with Crippen LogP contribution in [0.3, 0.4) is 0 Å². The highest BCUT2D eigenvalue weighted by Gasteiger charge is 2.51. The van der Waals surface area contributed by atoms with Gasteiger partial charge in [-0.25, -0.2) is 4.79 Å². The Morgan fingerprint density at radius 1 is 1.21 bits per heavy atom. The number of likely N-dealkylation sites (tertiary alicyclic amines) is 1. The molecule has 1 aliphatic carbocycles. The van der Waals surface area contributed by atoms with E-state index in [-0.39, 0.29) is 18.4 Å². The highest BCUT2D eigenvalue weighted by Crippen LogP contribution is 2.33. The summed E-state index contributed by atoms with van der Waals surface area (Å²) in [6.07, 6.45) is 6.45. The van der Waals surface area contributed by atoms with E-state index in [1.54, 1.807) is 11.3 Å².